The van der Waals surface area contributed by atoms with Gasteiger partial charge in [-0.1, -0.05) is 24.3 Å². The van der Waals surface area contributed by atoms with Crippen molar-refractivity contribution < 1.29 is 14.3 Å². The molecule has 7 nitrogen and oxygen atoms in total. The first-order valence-corrected chi connectivity index (χ1v) is 9.08. The number of carbonyl (C=O) groups is 1. The van der Waals surface area contributed by atoms with Crippen molar-refractivity contribution in [3.63, 3.8) is 0 Å². The largest absolute Gasteiger partial charge is 0.484 e. The van der Waals surface area contributed by atoms with Crippen LogP contribution in [0.3, 0.4) is 0 Å². The molecule has 1 aliphatic heterocycles. The number of ether oxygens (including phenoxy) is 2. The summed E-state index contributed by atoms with van der Waals surface area (Å²) in [5, 5.41) is 0. The first-order valence-electron chi connectivity index (χ1n) is 9.08. The molecule has 0 saturated carbocycles. The van der Waals surface area contributed by atoms with Gasteiger partial charge in [-0.2, -0.15) is 0 Å². The summed E-state index contributed by atoms with van der Waals surface area (Å²) in [5.74, 6) is 0.623. The average Bonchev–Trinajstić information content (AvgIpc) is 2.79. The van der Waals surface area contributed by atoms with E-state index in [1.54, 1.807) is 23.5 Å². The minimum atomic E-state index is -0.254. The molecule has 0 bridgehead atoms. The third-order valence-corrected chi connectivity index (χ3v) is 4.53. The number of rotatable bonds is 5. The number of hydrogen-bond acceptors (Lipinski definition) is 6. The minimum Gasteiger partial charge on any atom is -0.484 e. The monoisotopic (exact) mass is 376 g/mol. The molecule has 0 N–H and O–H groups in total. The summed E-state index contributed by atoms with van der Waals surface area (Å²) in [5.41, 5.74) is 2.63. The van der Waals surface area contributed by atoms with Gasteiger partial charge in [-0.25, -0.2) is 9.97 Å². The van der Waals surface area contributed by atoms with Crippen LogP contribution in [0.4, 0.5) is 0 Å². The van der Waals surface area contributed by atoms with Gasteiger partial charge in [0.15, 0.2) is 6.61 Å². The molecular formula is C21H20N4O3. The van der Waals surface area contributed by atoms with E-state index in [9.17, 15) is 4.79 Å². The summed E-state index contributed by atoms with van der Waals surface area (Å²) in [7, 11) is 0. The molecule has 2 aromatic heterocycles. The predicted molar refractivity (Wildman–Crippen MR) is 102 cm³/mol. The maximum Gasteiger partial charge on any atom is 0.260 e. The van der Waals surface area contributed by atoms with Gasteiger partial charge < -0.3 is 14.4 Å². The molecule has 142 valence electrons. The van der Waals surface area contributed by atoms with Crippen molar-refractivity contribution in [2.45, 2.75) is 6.10 Å². The fraction of sp³-hybridized carbons (Fsp3) is 0.238. The summed E-state index contributed by atoms with van der Waals surface area (Å²) in [6, 6.07) is 13.2. The summed E-state index contributed by atoms with van der Waals surface area (Å²) in [6.45, 7) is 1.49. The molecule has 1 fully saturated rings. The molecule has 7 heteroatoms. The van der Waals surface area contributed by atoms with Gasteiger partial charge in [0.2, 0.25) is 0 Å². The van der Waals surface area contributed by atoms with Crippen LogP contribution < -0.4 is 4.74 Å². The second-order valence-electron chi connectivity index (χ2n) is 6.40. The van der Waals surface area contributed by atoms with Gasteiger partial charge in [0.05, 0.1) is 18.8 Å². The Labute approximate surface area is 163 Å². The topological polar surface area (TPSA) is 77.4 Å². The van der Waals surface area contributed by atoms with Crippen molar-refractivity contribution >= 4 is 5.91 Å². The fourth-order valence-corrected chi connectivity index (χ4v) is 3.02. The van der Waals surface area contributed by atoms with Crippen LogP contribution in [0.1, 0.15) is 11.8 Å². The first-order chi connectivity index (χ1) is 13.8. The van der Waals surface area contributed by atoms with E-state index in [4.69, 9.17) is 9.47 Å². The highest BCUT2D eigenvalue weighted by Gasteiger charge is 2.26. The van der Waals surface area contributed by atoms with Gasteiger partial charge in [0.1, 0.15) is 18.2 Å². The van der Waals surface area contributed by atoms with Gasteiger partial charge in [-0.3, -0.25) is 9.78 Å². The molecule has 28 heavy (non-hydrogen) atoms. The quantitative estimate of drug-likeness (QED) is 0.681. The third kappa shape index (κ3) is 4.32. The Hall–Kier alpha value is -3.32. The van der Waals surface area contributed by atoms with Crippen LogP contribution in [0.5, 0.6) is 5.75 Å². The number of hydrogen-bond donors (Lipinski definition) is 0. The average molecular weight is 376 g/mol. The zero-order valence-electron chi connectivity index (χ0n) is 15.3. The highest BCUT2D eigenvalue weighted by Crippen LogP contribution is 2.23. The molecule has 1 amide bonds. The number of nitrogens with zero attached hydrogens (tertiary/aromatic N) is 4. The minimum absolute atomic E-state index is 0.0110. The van der Waals surface area contributed by atoms with E-state index in [-0.39, 0.29) is 18.6 Å². The van der Waals surface area contributed by atoms with Gasteiger partial charge in [-0.15, -0.1) is 0 Å². The Morgan fingerprint density at radius 2 is 1.89 bits per heavy atom. The zero-order valence-corrected chi connectivity index (χ0v) is 15.3. The molecule has 1 saturated heterocycles. The van der Waals surface area contributed by atoms with E-state index >= 15 is 0 Å². The van der Waals surface area contributed by atoms with Crippen LogP contribution in [0, 0.1) is 0 Å². The molecular weight excluding hydrogens is 356 g/mol. The van der Waals surface area contributed by atoms with Crippen LogP contribution in [-0.4, -0.2) is 52.1 Å². The van der Waals surface area contributed by atoms with E-state index in [0.29, 0.717) is 25.4 Å². The number of benzene rings is 1. The summed E-state index contributed by atoms with van der Waals surface area (Å²) in [6.07, 6.45) is 6.50. The van der Waals surface area contributed by atoms with Crippen molar-refractivity contribution in [3.05, 3.63) is 73.1 Å². The lowest BCUT2D eigenvalue weighted by atomic mass is 10.1. The summed E-state index contributed by atoms with van der Waals surface area (Å²) >= 11 is 0. The molecule has 1 aromatic carbocycles. The molecule has 3 aromatic rings. The van der Waals surface area contributed by atoms with Crippen molar-refractivity contribution in [2.24, 2.45) is 0 Å². The maximum atomic E-state index is 12.5. The summed E-state index contributed by atoms with van der Waals surface area (Å²) < 4.78 is 11.4. The highest BCUT2D eigenvalue weighted by molar-refractivity contribution is 5.78. The zero-order chi connectivity index (χ0) is 19.2. The lowest BCUT2D eigenvalue weighted by molar-refractivity contribution is -0.141. The second kappa shape index (κ2) is 8.58. The highest BCUT2D eigenvalue weighted by atomic mass is 16.5. The number of pyridine rings is 1. The van der Waals surface area contributed by atoms with Gasteiger partial charge in [-0.05, 0) is 18.2 Å². The standard InChI is InChI=1S/C21H20N4O3/c26-21(14-28-18-4-2-1-3-5-18)25-8-9-27-20(13-25)19-7-6-16(12-24-19)17-10-22-15-23-11-17/h1-7,10-12,15,20H,8-9,13-14H2/t20-/m1/s1. The van der Waals surface area contributed by atoms with Crippen molar-refractivity contribution in [1.29, 1.82) is 0 Å². The molecule has 0 spiro atoms. The van der Waals surface area contributed by atoms with Gasteiger partial charge in [0, 0.05) is 36.3 Å². The van der Waals surface area contributed by atoms with Crippen molar-refractivity contribution in [1.82, 2.24) is 19.9 Å². The number of para-hydroxylation sites is 1. The Balaban J connectivity index is 1.37. The molecule has 1 aliphatic rings. The van der Waals surface area contributed by atoms with Crippen LogP contribution in [0.2, 0.25) is 0 Å². The Morgan fingerprint density at radius 1 is 1.07 bits per heavy atom. The number of carbonyl (C=O) groups excluding carboxylic acids is 1. The number of amides is 1. The lowest BCUT2D eigenvalue weighted by Crippen LogP contribution is -2.44. The predicted octanol–water partition coefficient (Wildman–Crippen LogP) is 2.52. The maximum absolute atomic E-state index is 12.5. The SMILES string of the molecule is O=C(COc1ccccc1)N1CCO[C@@H](c2ccc(-c3cncnc3)cn2)C1. The van der Waals surface area contributed by atoms with E-state index in [0.717, 1.165) is 16.8 Å². The Bertz CT molecular complexity index is 904. The molecule has 0 aliphatic carbocycles. The normalized spacial score (nSPS) is 16.6. The second-order valence-corrected chi connectivity index (χ2v) is 6.40. The van der Waals surface area contributed by atoms with E-state index in [2.05, 4.69) is 15.0 Å². The van der Waals surface area contributed by atoms with E-state index in [1.807, 2.05) is 42.5 Å². The Morgan fingerprint density at radius 3 is 2.64 bits per heavy atom. The number of morpholine rings is 1. The van der Waals surface area contributed by atoms with Crippen LogP contribution >= 0.6 is 0 Å². The third-order valence-electron chi connectivity index (χ3n) is 4.53. The number of aromatic nitrogens is 3. The molecule has 4 rings (SSSR count). The smallest absolute Gasteiger partial charge is 0.260 e. The van der Waals surface area contributed by atoms with E-state index < -0.39 is 0 Å². The molecule has 3 heterocycles. The van der Waals surface area contributed by atoms with E-state index in [1.165, 1.54) is 6.33 Å². The molecule has 0 radical (unpaired) electrons. The molecule has 0 unspecified atom stereocenters. The van der Waals surface area contributed by atoms with Crippen LogP contribution in [0.15, 0.2) is 67.4 Å². The fourth-order valence-electron chi connectivity index (χ4n) is 3.02. The lowest BCUT2D eigenvalue weighted by Gasteiger charge is -2.32. The van der Waals surface area contributed by atoms with Crippen molar-refractivity contribution in [3.8, 4) is 16.9 Å². The van der Waals surface area contributed by atoms with Crippen LogP contribution in [0.25, 0.3) is 11.1 Å². The summed E-state index contributed by atoms with van der Waals surface area (Å²) in [4.78, 5) is 26.8. The Kier molecular flexibility index (Phi) is 5.53. The van der Waals surface area contributed by atoms with Crippen LogP contribution in [-0.2, 0) is 9.53 Å². The van der Waals surface area contributed by atoms with Gasteiger partial charge in [0.25, 0.3) is 5.91 Å². The van der Waals surface area contributed by atoms with Gasteiger partial charge >= 0.3 is 0 Å². The van der Waals surface area contributed by atoms with Crippen molar-refractivity contribution in [2.75, 3.05) is 26.3 Å². The first kappa shape index (κ1) is 18.1. The molecule has 1 atom stereocenters.